The van der Waals surface area contributed by atoms with Gasteiger partial charge >= 0.3 is 0 Å². The molecule has 1 heterocycles. The van der Waals surface area contributed by atoms with Crippen LogP contribution < -0.4 is 19.5 Å². The fraction of sp³-hybridized carbons (Fsp3) is 0.158. The first-order valence-corrected chi connectivity index (χ1v) is 9.62. The number of rotatable bonds is 8. The zero-order valence-corrected chi connectivity index (χ0v) is 16.9. The van der Waals surface area contributed by atoms with E-state index in [-0.39, 0.29) is 24.8 Å². The van der Waals surface area contributed by atoms with Crippen molar-refractivity contribution in [2.24, 2.45) is 0 Å². The van der Waals surface area contributed by atoms with E-state index in [1.54, 1.807) is 19.2 Å². The van der Waals surface area contributed by atoms with Gasteiger partial charge in [-0.3, -0.25) is 14.9 Å². The van der Waals surface area contributed by atoms with Crippen molar-refractivity contribution in [3.05, 3.63) is 63.0 Å². The third-order valence-corrected chi connectivity index (χ3v) is 4.96. The van der Waals surface area contributed by atoms with Gasteiger partial charge in [0.05, 0.1) is 16.9 Å². The number of hydrogen-bond acceptors (Lipinski definition) is 8. The van der Waals surface area contributed by atoms with E-state index in [4.69, 9.17) is 26.4 Å². The van der Waals surface area contributed by atoms with Crippen LogP contribution >= 0.6 is 24.0 Å². The molecule has 2 aromatic carbocycles. The Balaban J connectivity index is 1.73. The maximum Gasteiger partial charge on any atom is 0.270 e. The van der Waals surface area contributed by atoms with Gasteiger partial charge < -0.3 is 19.5 Å². The summed E-state index contributed by atoms with van der Waals surface area (Å²) < 4.78 is 16.9. The van der Waals surface area contributed by atoms with E-state index in [0.717, 1.165) is 11.8 Å². The minimum absolute atomic E-state index is 0.111. The quantitative estimate of drug-likeness (QED) is 0.222. The highest BCUT2D eigenvalue weighted by molar-refractivity contribution is 8.26. The predicted molar refractivity (Wildman–Crippen MR) is 113 cm³/mol. The Morgan fingerprint density at radius 1 is 1.14 bits per heavy atom. The van der Waals surface area contributed by atoms with Crippen molar-refractivity contribution in [1.82, 2.24) is 5.32 Å². The summed E-state index contributed by atoms with van der Waals surface area (Å²) in [5.41, 5.74) is 0.291. The second-order valence-electron chi connectivity index (χ2n) is 5.68. The fourth-order valence-electron chi connectivity index (χ4n) is 2.50. The molecule has 8 nitrogen and oxygen atoms in total. The first kappa shape index (κ1) is 20.6. The summed E-state index contributed by atoms with van der Waals surface area (Å²) in [6, 6.07) is 11.4. The van der Waals surface area contributed by atoms with Crippen LogP contribution in [-0.2, 0) is 4.79 Å². The summed E-state index contributed by atoms with van der Waals surface area (Å²) in [6.45, 7) is 0.413. The predicted octanol–water partition coefficient (Wildman–Crippen LogP) is 3.55. The first-order valence-electron chi connectivity index (χ1n) is 8.40. The molecule has 0 aromatic heterocycles. The number of nitro benzene ring substituents is 1. The van der Waals surface area contributed by atoms with Gasteiger partial charge in [-0.25, -0.2) is 0 Å². The molecule has 1 aliphatic heterocycles. The molecule has 1 aliphatic rings. The third-order valence-electron chi connectivity index (χ3n) is 3.80. The largest absolute Gasteiger partial charge is 0.493 e. The van der Waals surface area contributed by atoms with Gasteiger partial charge in [0.2, 0.25) is 0 Å². The number of non-ortho nitro benzene ring substituents is 1. The molecule has 0 radical (unpaired) electrons. The van der Waals surface area contributed by atoms with Gasteiger partial charge in [-0.2, -0.15) is 0 Å². The Labute approximate surface area is 176 Å². The van der Waals surface area contributed by atoms with Crippen molar-refractivity contribution in [3.63, 3.8) is 0 Å². The summed E-state index contributed by atoms with van der Waals surface area (Å²) in [5, 5.41) is 13.6. The molecule has 0 spiro atoms. The lowest BCUT2D eigenvalue weighted by Crippen LogP contribution is -2.17. The number of nitro groups is 1. The molecule has 1 N–H and O–H groups in total. The smallest absolute Gasteiger partial charge is 0.270 e. The number of para-hydroxylation sites is 2. The number of hydrogen-bond donors (Lipinski definition) is 1. The van der Waals surface area contributed by atoms with E-state index < -0.39 is 4.92 Å². The van der Waals surface area contributed by atoms with Crippen LogP contribution in [0.4, 0.5) is 5.69 Å². The van der Waals surface area contributed by atoms with Gasteiger partial charge in [-0.05, 0) is 24.3 Å². The number of benzene rings is 2. The van der Waals surface area contributed by atoms with Crippen molar-refractivity contribution in [2.45, 2.75) is 0 Å². The Morgan fingerprint density at radius 3 is 2.45 bits per heavy atom. The maximum atomic E-state index is 11.9. The van der Waals surface area contributed by atoms with E-state index in [1.165, 1.54) is 24.3 Å². The minimum Gasteiger partial charge on any atom is -0.493 e. The fourth-order valence-corrected chi connectivity index (χ4v) is 3.53. The van der Waals surface area contributed by atoms with Crippen molar-refractivity contribution >= 4 is 46.0 Å². The molecule has 3 rings (SSSR count). The van der Waals surface area contributed by atoms with Gasteiger partial charge in [0.25, 0.3) is 11.6 Å². The summed E-state index contributed by atoms with van der Waals surface area (Å²) in [4.78, 5) is 22.8. The van der Waals surface area contributed by atoms with E-state index in [2.05, 4.69) is 5.32 Å². The minimum atomic E-state index is -0.511. The maximum absolute atomic E-state index is 11.9. The zero-order valence-electron chi connectivity index (χ0n) is 15.2. The summed E-state index contributed by atoms with van der Waals surface area (Å²) in [7, 11) is 1.55. The van der Waals surface area contributed by atoms with Crippen LogP contribution in [-0.4, -0.2) is 35.5 Å². The molecule has 0 aliphatic carbocycles. The number of amides is 1. The molecule has 0 saturated carbocycles. The molecule has 150 valence electrons. The average molecular weight is 432 g/mol. The Hall–Kier alpha value is -3.11. The summed E-state index contributed by atoms with van der Waals surface area (Å²) in [5.74, 6) is 1.22. The van der Waals surface area contributed by atoms with E-state index in [9.17, 15) is 14.9 Å². The van der Waals surface area contributed by atoms with E-state index >= 15 is 0 Å². The van der Waals surface area contributed by atoms with Crippen LogP contribution in [0.15, 0.2) is 47.4 Å². The molecule has 1 amide bonds. The molecule has 2 aromatic rings. The molecule has 1 saturated heterocycles. The van der Waals surface area contributed by atoms with Crippen molar-refractivity contribution < 1.29 is 23.9 Å². The average Bonchev–Trinajstić information content (AvgIpc) is 3.03. The summed E-state index contributed by atoms with van der Waals surface area (Å²) in [6.07, 6.45) is 1.52. The topological polar surface area (TPSA) is 99.9 Å². The van der Waals surface area contributed by atoms with Crippen LogP contribution in [0.5, 0.6) is 17.2 Å². The number of carbonyl (C=O) groups excluding carboxylic acids is 1. The van der Waals surface area contributed by atoms with Crippen molar-refractivity contribution in [2.75, 3.05) is 20.3 Å². The molecular formula is C19H16N2O6S2. The lowest BCUT2D eigenvalue weighted by molar-refractivity contribution is -0.384. The van der Waals surface area contributed by atoms with Crippen LogP contribution in [0, 0.1) is 10.1 Å². The van der Waals surface area contributed by atoms with Crippen LogP contribution in [0.1, 0.15) is 5.56 Å². The molecular weight excluding hydrogens is 416 g/mol. The lowest BCUT2D eigenvalue weighted by Gasteiger charge is -2.12. The molecule has 0 bridgehead atoms. The van der Waals surface area contributed by atoms with Crippen molar-refractivity contribution in [3.8, 4) is 17.2 Å². The van der Waals surface area contributed by atoms with Gasteiger partial charge in [0.15, 0.2) is 11.5 Å². The molecule has 0 atom stereocenters. The number of methoxy groups -OCH3 is 1. The number of ether oxygens (including phenoxy) is 3. The van der Waals surface area contributed by atoms with Crippen LogP contribution in [0.25, 0.3) is 6.08 Å². The molecule has 10 heteroatoms. The monoisotopic (exact) mass is 432 g/mol. The number of thiocarbonyl (C=S) groups is 1. The van der Waals surface area contributed by atoms with Gasteiger partial charge in [0.1, 0.15) is 23.3 Å². The highest BCUT2D eigenvalue weighted by Crippen LogP contribution is 2.32. The number of thioether (sulfide) groups is 1. The summed E-state index contributed by atoms with van der Waals surface area (Å²) >= 11 is 6.06. The van der Waals surface area contributed by atoms with Gasteiger partial charge in [0, 0.05) is 17.7 Å². The number of carbonyl (C=O) groups is 1. The standard InChI is InChI=1S/C19H16N2O6S2/c1-25-15-4-2-3-5-16(15)27-9-8-26-14-7-6-13(21(23)24)10-12(14)11-17-18(22)20-19(28)29-17/h2-7,10-11H,8-9H2,1H3,(H,20,22,28)/b17-11-. The normalized spacial score (nSPS) is 14.6. The second kappa shape index (κ2) is 9.39. The number of nitrogens with one attached hydrogen (secondary N) is 1. The third kappa shape index (κ3) is 5.24. The van der Waals surface area contributed by atoms with E-state index in [1.807, 2.05) is 12.1 Å². The van der Waals surface area contributed by atoms with Crippen LogP contribution in [0.3, 0.4) is 0 Å². The lowest BCUT2D eigenvalue weighted by atomic mass is 10.1. The SMILES string of the molecule is COc1ccccc1OCCOc1ccc([N+](=O)[O-])cc1/C=C1\SC(=S)NC1=O. The van der Waals surface area contributed by atoms with Crippen molar-refractivity contribution in [1.29, 1.82) is 0 Å². The first-order chi connectivity index (χ1) is 14.0. The highest BCUT2D eigenvalue weighted by atomic mass is 32.2. The zero-order chi connectivity index (χ0) is 20.8. The molecule has 29 heavy (non-hydrogen) atoms. The Kier molecular flexibility index (Phi) is 6.68. The van der Waals surface area contributed by atoms with Gasteiger partial charge in [-0.1, -0.05) is 36.1 Å². The Morgan fingerprint density at radius 2 is 1.83 bits per heavy atom. The Bertz CT molecular complexity index is 992. The highest BCUT2D eigenvalue weighted by Gasteiger charge is 2.23. The number of nitrogens with zero attached hydrogens (tertiary/aromatic N) is 1. The van der Waals surface area contributed by atoms with Gasteiger partial charge in [-0.15, -0.1) is 0 Å². The molecule has 0 unspecified atom stereocenters. The molecule has 1 fully saturated rings. The second-order valence-corrected chi connectivity index (χ2v) is 7.40. The van der Waals surface area contributed by atoms with E-state index in [0.29, 0.717) is 32.0 Å². The van der Waals surface area contributed by atoms with Crippen LogP contribution in [0.2, 0.25) is 0 Å².